The summed E-state index contributed by atoms with van der Waals surface area (Å²) in [6.45, 7) is 0.0539. The summed E-state index contributed by atoms with van der Waals surface area (Å²) < 4.78 is 45.9. The molecule has 12 heteroatoms. The number of alkyl halides is 2. The van der Waals surface area contributed by atoms with Crippen LogP contribution in [0.4, 0.5) is 23.7 Å². The number of benzene rings is 2. The van der Waals surface area contributed by atoms with Crippen LogP contribution in [-0.2, 0) is 6.54 Å². The van der Waals surface area contributed by atoms with Gasteiger partial charge >= 0.3 is 12.5 Å². The molecule has 0 saturated heterocycles. The lowest BCUT2D eigenvalue weighted by molar-refractivity contribution is 0.116. The number of aromatic nitrogens is 5. The van der Waals surface area contributed by atoms with Gasteiger partial charge in [0.05, 0.1) is 12.7 Å². The van der Waals surface area contributed by atoms with Gasteiger partial charge in [-0.1, -0.05) is 23.4 Å². The van der Waals surface area contributed by atoms with Gasteiger partial charge in [0.1, 0.15) is 11.5 Å². The molecule has 0 aliphatic rings. The summed E-state index contributed by atoms with van der Waals surface area (Å²) in [7, 11) is 0. The molecule has 9 nitrogen and oxygen atoms in total. The quantitative estimate of drug-likeness (QED) is 0.470. The van der Waals surface area contributed by atoms with Gasteiger partial charge in [-0.3, -0.25) is 5.32 Å². The Morgan fingerprint density at radius 3 is 2.68 bits per heavy atom. The van der Waals surface area contributed by atoms with E-state index in [0.717, 1.165) is 6.07 Å². The minimum atomic E-state index is -2.91. The smallest absolute Gasteiger partial charge is 0.409 e. The van der Waals surface area contributed by atoms with Gasteiger partial charge < -0.3 is 9.52 Å². The molecule has 0 fully saturated rings. The van der Waals surface area contributed by atoms with Crippen molar-refractivity contribution in [3.63, 3.8) is 0 Å². The molecule has 1 amide bonds. The van der Waals surface area contributed by atoms with Crippen molar-refractivity contribution in [1.82, 2.24) is 25.2 Å². The van der Waals surface area contributed by atoms with Gasteiger partial charge in [0.15, 0.2) is 0 Å². The fraction of sp³-hybridized carbons (Fsp3) is 0.105. The predicted octanol–water partition coefficient (Wildman–Crippen LogP) is 4.21. The summed E-state index contributed by atoms with van der Waals surface area (Å²) >= 11 is 0. The normalized spacial score (nSPS) is 11.1. The Hall–Kier alpha value is -4.22. The summed E-state index contributed by atoms with van der Waals surface area (Å²) in [5, 5.41) is 25.8. The van der Waals surface area contributed by atoms with Crippen molar-refractivity contribution in [3.05, 3.63) is 65.9 Å². The van der Waals surface area contributed by atoms with Gasteiger partial charge in [-0.05, 0) is 24.3 Å². The number of nitrogens with one attached hydrogen (secondary N) is 1. The van der Waals surface area contributed by atoms with Gasteiger partial charge in [-0.25, -0.2) is 13.9 Å². The third kappa shape index (κ3) is 4.52. The molecule has 0 aliphatic carbocycles. The van der Waals surface area contributed by atoms with Crippen LogP contribution in [0.15, 0.2) is 53.1 Å². The first-order valence-corrected chi connectivity index (χ1v) is 8.80. The van der Waals surface area contributed by atoms with E-state index in [9.17, 15) is 18.0 Å². The average Bonchev–Trinajstić information content (AvgIpc) is 3.39. The largest absolute Gasteiger partial charge is 0.465 e. The van der Waals surface area contributed by atoms with Gasteiger partial charge in [0.2, 0.25) is 5.89 Å². The molecule has 2 heterocycles. The highest BCUT2D eigenvalue weighted by Crippen LogP contribution is 2.25. The van der Waals surface area contributed by atoms with E-state index in [0.29, 0.717) is 16.9 Å². The Labute approximate surface area is 172 Å². The molecule has 2 aromatic carbocycles. The first-order valence-electron chi connectivity index (χ1n) is 8.80. The molecule has 31 heavy (non-hydrogen) atoms. The molecule has 0 unspecified atom stereocenters. The number of nitrogens with zero attached hydrogens (tertiary/aromatic N) is 5. The Kier molecular flexibility index (Phi) is 5.35. The Balaban J connectivity index is 1.51. The van der Waals surface area contributed by atoms with E-state index in [-0.39, 0.29) is 23.6 Å². The van der Waals surface area contributed by atoms with Crippen LogP contribution in [0.3, 0.4) is 0 Å². The third-order valence-corrected chi connectivity index (χ3v) is 4.21. The summed E-state index contributed by atoms with van der Waals surface area (Å²) in [5.41, 5.74) is 1.91. The number of hydrogen-bond donors (Lipinski definition) is 2. The number of carboxylic acid groups (broad SMARTS) is 1. The van der Waals surface area contributed by atoms with Crippen molar-refractivity contribution in [3.8, 4) is 22.7 Å². The molecule has 2 aromatic heterocycles. The van der Waals surface area contributed by atoms with E-state index < -0.39 is 24.2 Å². The van der Waals surface area contributed by atoms with E-state index in [1.807, 2.05) is 0 Å². The Morgan fingerprint density at radius 2 is 1.97 bits per heavy atom. The molecule has 0 radical (unpaired) electrons. The van der Waals surface area contributed by atoms with Crippen LogP contribution in [0.5, 0.6) is 0 Å². The fourth-order valence-corrected chi connectivity index (χ4v) is 2.81. The number of hydrogen-bond acceptors (Lipinski definition) is 6. The standard InChI is InChI=1S/C19H13F3N6O3/c20-14-7-11(17-25-26-18(31-17)16(21)22)4-5-12(14)8-28-9-15(24-27-28)10-2-1-3-13(6-10)23-19(29)30/h1-7,9,16,23H,8H2,(H,29,30). The zero-order valence-corrected chi connectivity index (χ0v) is 15.5. The van der Waals surface area contributed by atoms with E-state index in [2.05, 4.69) is 25.8 Å². The van der Waals surface area contributed by atoms with Gasteiger partial charge in [0, 0.05) is 22.4 Å². The highest BCUT2D eigenvalue weighted by atomic mass is 19.3. The van der Waals surface area contributed by atoms with E-state index >= 15 is 0 Å². The van der Waals surface area contributed by atoms with Crippen LogP contribution < -0.4 is 5.32 Å². The molecule has 4 aromatic rings. The first-order chi connectivity index (χ1) is 14.9. The maximum Gasteiger partial charge on any atom is 0.409 e. The third-order valence-electron chi connectivity index (χ3n) is 4.21. The molecule has 0 saturated carbocycles. The second-order valence-corrected chi connectivity index (χ2v) is 6.36. The second-order valence-electron chi connectivity index (χ2n) is 6.36. The minimum absolute atomic E-state index is 0.0539. The zero-order chi connectivity index (χ0) is 22.0. The minimum Gasteiger partial charge on any atom is -0.465 e. The number of carbonyl (C=O) groups is 1. The van der Waals surface area contributed by atoms with Crippen LogP contribution in [-0.4, -0.2) is 36.4 Å². The van der Waals surface area contributed by atoms with E-state index in [1.165, 1.54) is 16.8 Å². The molecular formula is C19H13F3N6O3. The lowest BCUT2D eigenvalue weighted by Gasteiger charge is -2.04. The molecule has 0 aliphatic heterocycles. The summed E-state index contributed by atoms with van der Waals surface area (Å²) in [5.74, 6) is -1.66. The van der Waals surface area contributed by atoms with Gasteiger partial charge in [-0.2, -0.15) is 8.78 Å². The molecule has 0 spiro atoms. The monoisotopic (exact) mass is 430 g/mol. The Morgan fingerprint density at radius 1 is 1.13 bits per heavy atom. The molecule has 0 bridgehead atoms. The lowest BCUT2D eigenvalue weighted by atomic mass is 10.1. The average molecular weight is 430 g/mol. The molecular weight excluding hydrogens is 417 g/mol. The van der Waals surface area contributed by atoms with E-state index in [1.54, 1.807) is 30.5 Å². The molecule has 0 atom stereocenters. The number of amides is 1. The SMILES string of the molecule is O=C(O)Nc1cccc(-c2cn(Cc3ccc(-c4nnc(C(F)F)o4)cc3F)nn2)c1. The van der Waals surface area contributed by atoms with Crippen LogP contribution in [0.25, 0.3) is 22.7 Å². The highest BCUT2D eigenvalue weighted by Gasteiger charge is 2.18. The summed E-state index contributed by atoms with van der Waals surface area (Å²) in [4.78, 5) is 10.8. The number of anilines is 1. The fourth-order valence-electron chi connectivity index (χ4n) is 2.81. The number of rotatable bonds is 6. The maximum absolute atomic E-state index is 14.5. The van der Waals surface area contributed by atoms with Crippen LogP contribution in [0.1, 0.15) is 17.9 Å². The lowest BCUT2D eigenvalue weighted by Crippen LogP contribution is -2.06. The summed E-state index contributed by atoms with van der Waals surface area (Å²) in [6.07, 6.45) is -2.52. The molecule has 4 rings (SSSR count). The van der Waals surface area contributed by atoms with Gasteiger partial charge in [0.25, 0.3) is 5.89 Å². The van der Waals surface area contributed by atoms with Crippen molar-refractivity contribution < 1.29 is 27.5 Å². The molecule has 158 valence electrons. The highest BCUT2D eigenvalue weighted by molar-refractivity contribution is 5.84. The van der Waals surface area contributed by atoms with Crippen molar-refractivity contribution in [1.29, 1.82) is 0 Å². The summed E-state index contributed by atoms with van der Waals surface area (Å²) in [6, 6.07) is 10.6. The maximum atomic E-state index is 14.5. The Bertz CT molecular complexity index is 1240. The molecule has 2 N–H and O–H groups in total. The predicted molar refractivity (Wildman–Crippen MR) is 101 cm³/mol. The van der Waals surface area contributed by atoms with Crippen molar-refractivity contribution in [2.75, 3.05) is 5.32 Å². The van der Waals surface area contributed by atoms with Crippen molar-refractivity contribution >= 4 is 11.8 Å². The van der Waals surface area contributed by atoms with Crippen LogP contribution in [0, 0.1) is 5.82 Å². The van der Waals surface area contributed by atoms with E-state index in [4.69, 9.17) is 9.52 Å². The van der Waals surface area contributed by atoms with Gasteiger partial charge in [-0.15, -0.1) is 15.3 Å². The van der Waals surface area contributed by atoms with Crippen LogP contribution >= 0.6 is 0 Å². The van der Waals surface area contributed by atoms with Crippen molar-refractivity contribution in [2.45, 2.75) is 13.0 Å². The second kappa shape index (κ2) is 8.26. The van der Waals surface area contributed by atoms with Crippen LogP contribution in [0.2, 0.25) is 0 Å². The first kappa shape index (κ1) is 20.1. The number of halogens is 3. The zero-order valence-electron chi connectivity index (χ0n) is 15.5. The van der Waals surface area contributed by atoms with Crippen molar-refractivity contribution in [2.24, 2.45) is 0 Å². The topological polar surface area (TPSA) is 119 Å².